The fourth-order valence-electron chi connectivity index (χ4n) is 2.47. The fourth-order valence-corrected chi connectivity index (χ4v) is 2.59. The lowest BCUT2D eigenvalue weighted by Gasteiger charge is -2.14. The molecule has 1 unspecified atom stereocenters. The molecule has 0 aliphatic carbocycles. The van der Waals surface area contributed by atoms with E-state index in [-0.39, 0.29) is 12.7 Å². The van der Waals surface area contributed by atoms with Crippen LogP contribution in [0.1, 0.15) is 5.56 Å². The first kappa shape index (κ1) is 15.6. The van der Waals surface area contributed by atoms with E-state index >= 15 is 0 Å². The predicted molar refractivity (Wildman–Crippen MR) is 88.1 cm³/mol. The van der Waals surface area contributed by atoms with Gasteiger partial charge >= 0.3 is 0 Å². The second-order valence-corrected chi connectivity index (χ2v) is 5.99. The first-order valence-electron chi connectivity index (χ1n) is 7.35. The van der Waals surface area contributed by atoms with Gasteiger partial charge in [-0.1, -0.05) is 23.7 Å². The van der Waals surface area contributed by atoms with E-state index in [0.717, 1.165) is 17.0 Å². The molecule has 1 atom stereocenters. The summed E-state index contributed by atoms with van der Waals surface area (Å²) in [5.74, 6) is 1.31. The van der Waals surface area contributed by atoms with Crippen molar-refractivity contribution in [3.8, 4) is 11.5 Å². The zero-order valence-corrected chi connectivity index (χ0v) is 13.5. The van der Waals surface area contributed by atoms with Crippen LogP contribution in [-0.2, 0) is 11.3 Å². The molecule has 23 heavy (non-hydrogen) atoms. The first-order chi connectivity index (χ1) is 11.1. The van der Waals surface area contributed by atoms with Gasteiger partial charge in [-0.15, -0.1) is 0 Å². The SMILES string of the molecule is C[NH+](CC(=O)Nc1ccc2c(c1)OCO2)Cc1ccc(Cl)cc1. The lowest BCUT2D eigenvalue weighted by atomic mass is 10.2. The molecule has 1 aliphatic heterocycles. The van der Waals surface area contributed by atoms with Crippen molar-refractivity contribution in [2.75, 3.05) is 25.7 Å². The third-order valence-electron chi connectivity index (χ3n) is 3.54. The monoisotopic (exact) mass is 333 g/mol. The summed E-state index contributed by atoms with van der Waals surface area (Å²) in [5.41, 5.74) is 1.85. The van der Waals surface area contributed by atoms with E-state index in [1.165, 1.54) is 0 Å². The minimum Gasteiger partial charge on any atom is -0.454 e. The molecular weight excluding hydrogens is 316 g/mol. The van der Waals surface area contributed by atoms with Crippen molar-refractivity contribution in [1.82, 2.24) is 0 Å². The normalized spacial score (nSPS) is 13.7. The zero-order valence-electron chi connectivity index (χ0n) is 12.8. The summed E-state index contributed by atoms with van der Waals surface area (Å²) in [6, 6.07) is 13.0. The molecule has 2 aromatic carbocycles. The largest absolute Gasteiger partial charge is 0.454 e. The fraction of sp³-hybridized carbons (Fsp3) is 0.235. The van der Waals surface area contributed by atoms with E-state index in [9.17, 15) is 4.79 Å². The highest BCUT2D eigenvalue weighted by Crippen LogP contribution is 2.34. The predicted octanol–water partition coefficient (Wildman–Crippen LogP) is 1.72. The molecular formula is C17H18ClN2O3+. The van der Waals surface area contributed by atoms with Crippen LogP contribution in [0.3, 0.4) is 0 Å². The zero-order chi connectivity index (χ0) is 16.2. The van der Waals surface area contributed by atoms with Gasteiger partial charge in [0.15, 0.2) is 18.0 Å². The van der Waals surface area contributed by atoms with Gasteiger partial charge in [0.1, 0.15) is 6.54 Å². The van der Waals surface area contributed by atoms with Gasteiger partial charge in [-0.25, -0.2) is 0 Å². The topological polar surface area (TPSA) is 52.0 Å². The van der Waals surface area contributed by atoms with E-state index < -0.39 is 0 Å². The first-order valence-corrected chi connectivity index (χ1v) is 7.73. The second kappa shape index (κ2) is 6.89. The molecule has 2 N–H and O–H groups in total. The van der Waals surface area contributed by atoms with Crippen LogP contribution in [0.4, 0.5) is 5.69 Å². The highest BCUT2D eigenvalue weighted by Gasteiger charge is 2.15. The Labute approximate surface area is 139 Å². The van der Waals surface area contributed by atoms with Gasteiger partial charge in [0.25, 0.3) is 5.91 Å². The molecule has 2 aromatic rings. The van der Waals surface area contributed by atoms with E-state index in [0.29, 0.717) is 28.8 Å². The number of likely N-dealkylation sites (N-methyl/N-ethyl adjacent to an activating group) is 1. The quantitative estimate of drug-likeness (QED) is 0.876. The Hall–Kier alpha value is -2.24. The number of carbonyl (C=O) groups excluding carboxylic acids is 1. The molecule has 0 saturated carbocycles. The molecule has 3 rings (SSSR count). The van der Waals surface area contributed by atoms with Crippen LogP contribution in [0.15, 0.2) is 42.5 Å². The van der Waals surface area contributed by atoms with Crippen molar-refractivity contribution in [3.05, 3.63) is 53.1 Å². The maximum Gasteiger partial charge on any atom is 0.279 e. The van der Waals surface area contributed by atoms with Crippen molar-refractivity contribution in [1.29, 1.82) is 0 Å². The van der Waals surface area contributed by atoms with Crippen LogP contribution >= 0.6 is 11.6 Å². The lowest BCUT2D eigenvalue weighted by molar-refractivity contribution is -0.885. The highest BCUT2D eigenvalue weighted by molar-refractivity contribution is 6.30. The number of carbonyl (C=O) groups is 1. The molecule has 0 saturated heterocycles. The van der Waals surface area contributed by atoms with Crippen molar-refractivity contribution < 1.29 is 19.2 Å². The maximum atomic E-state index is 12.1. The molecule has 1 amide bonds. The third-order valence-corrected chi connectivity index (χ3v) is 3.79. The summed E-state index contributed by atoms with van der Waals surface area (Å²) in [6.07, 6.45) is 0. The van der Waals surface area contributed by atoms with Crippen molar-refractivity contribution >= 4 is 23.2 Å². The number of rotatable bonds is 5. The van der Waals surface area contributed by atoms with Crippen LogP contribution in [0.25, 0.3) is 0 Å². The Morgan fingerprint density at radius 2 is 1.91 bits per heavy atom. The van der Waals surface area contributed by atoms with Gasteiger partial charge in [0.2, 0.25) is 6.79 Å². The average Bonchev–Trinajstić information content (AvgIpc) is 2.97. The van der Waals surface area contributed by atoms with E-state index in [2.05, 4.69) is 5.32 Å². The molecule has 0 radical (unpaired) electrons. The van der Waals surface area contributed by atoms with Gasteiger partial charge < -0.3 is 19.7 Å². The Morgan fingerprint density at radius 3 is 2.70 bits per heavy atom. The number of fused-ring (bicyclic) bond motifs is 1. The van der Waals surface area contributed by atoms with Gasteiger partial charge in [-0.3, -0.25) is 4.79 Å². The Morgan fingerprint density at radius 1 is 1.17 bits per heavy atom. The number of anilines is 1. The summed E-state index contributed by atoms with van der Waals surface area (Å²) in [4.78, 5) is 13.2. The van der Waals surface area contributed by atoms with Crippen LogP contribution < -0.4 is 19.7 Å². The Bertz CT molecular complexity index is 703. The molecule has 120 valence electrons. The smallest absolute Gasteiger partial charge is 0.279 e. The maximum absolute atomic E-state index is 12.1. The molecule has 1 aliphatic rings. The molecule has 0 aromatic heterocycles. The van der Waals surface area contributed by atoms with Crippen molar-refractivity contribution in [2.24, 2.45) is 0 Å². The van der Waals surface area contributed by atoms with E-state index in [1.807, 2.05) is 31.3 Å². The average molecular weight is 334 g/mol. The highest BCUT2D eigenvalue weighted by atomic mass is 35.5. The van der Waals surface area contributed by atoms with Crippen LogP contribution in [0.5, 0.6) is 11.5 Å². The van der Waals surface area contributed by atoms with Crippen LogP contribution in [0, 0.1) is 0 Å². The van der Waals surface area contributed by atoms with Gasteiger partial charge in [-0.2, -0.15) is 0 Å². The second-order valence-electron chi connectivity index (χ2n) is 5.55. The molecule has 0 spiro atoms. The van der Waals surface area contributed by atoms with Crippen molar-refractivity contribution in [2.45, 2.75) is 6.54 Å². The number of nitrogens with one attached hydrogen (secondary N) is 2. The minimum absolute atomic E-state index is 0.0460. The molecule has 0 fully saturated rings. The molecule has 1 heterocycles. The van der Waals surface area contributed by atoms with Gasteiger partial charge in [0.05, 0.1) is 7.05 Å². The number of hydrogen-bond donors (Lipinski definition) is 2. The molecule has 6 heteroatoms. The van der Waals surface area contributed by atoms with Crippen LogP contribution in [0.2, 0.25) is 5.02 Å². The van der Waals surface area contributed by atoms with Gasteiger partial charge in [-0.05, 0) is 24.3 Å². The van der Waals surface area contributed by atoms with Crippen LogP contribution in [-0.4, -0.2) is 26.3 Å². The summed E-state index contributed by atoms with van der Waals surface area (Å²) < 4.78 is 10.6. The number of amides is 1. The number of halogens is 1. The standard InChI is InChI=1S/C17H17ClN2O3/c1-20(9-12-2-4-13(18)5-3-12)10-17(21)19-14-6-7-15-16(8-14)23-11-22-15/h2-8H,9-11H2,1H3,(H,19,21)/p+1. The Balaban J connectivity index is 1.53. The van der Waals surface area contributed by atoms with Gasteiger partial charge in [0, 0.05) is 22.3 Å². The summed E-state index contributed by atoms with van der Waals surface area (Å²) in [5, 5.41) is 3.60. The summed E-state index contributed by atoms with van der Waals surface area (Å²) >= 11 is 5.87. The van der Waals surface area contributed by atoms with E-state index in [4.69, 9.17) is 21.1 Å². The van der Waals surface area contributed by atoms with E-state index in [1.54, 1.807) is 18.2 Å². The minimum atomic E-state index is -0.0460. The summed E-state index contributed by atoms with van der Waals surface area (Å²) in [7, 11) is 1.98. The van der Waals surface area contributed by atoms with Crippen molar-refractivity contribution in [3.63, 3.8) is 0 Å². The number of quaternary nitrogens is 1. The lowest BCUT2D eigenvalue weighted by Crippen LogP contribution is -3.08. The molecule has 5 nitrogen and oxygen atoms in total. The third kappa shape index (κ3) is 4.15. The Kier molecular flexibility index (Phi) is 4.69. The summed E-state index contributed by atoms with van der Waals surface area (Å²) in [6.45, 7) is 1.35. The number of benzene rings is 2. The number of ether oxygens (including phenoxy) is 2. The number of hydrogen-bond acceptors (Lipinski definition) is 3. The molecule has 0 bridgehead atoms.